The third-order valence-corrected chi connectivity index (χ3v) is 8.79. The standard InChI is InChI=1S/C33H39F6N7/c1-4-44(5-2)15-16-45-17-19-46(20-18-45)22-28-42-30(41-25-11-9-24(10-12-25)32(34,35)36)27-13-8-23(21-31(27,3)43-28)29-26(33(37,38)39)7-6-14-40-29/h6-14H,4-5,15-22H2,1-3H3,(H,41,42,43). The zero-order valence-corrected chi connectivity index (χ0v) is 26.2. The van der Waals surface area contributed by atoms with Crippen molar-refractivity contribution in [3.63, 3.8) is 0 Å². The molecular formula is C33H39F6N7. The quantitative estimate of drug-likeness (QED) is 0.316. The zero-order chi connectivity index (χ0) is 33.1. The molecule has 0 spiro atoms. The highest BCUT2D eigenvalue weighted by molar-refractivity contribution is 6.17. The molecule has 0 amide bonds. The van der Waals surface area contributed by atoms with E-state index in [2.05, 4.69) is 38.8 Å². The Hall–Kier alpha value is -3.55. The molecule has 3 heterocycles. The summed E-state index contributed by atoms with van der Waals surface area (Å²) >= 11 is 0. The number of alkyl halides is 6. The Morgan fingerprint density at radius 2 is 1.57 bits per heavy atom. The van der Waals surface area contributed by atoms with Crippen molar-refractivity contribution < 1.29 is 26.3 Å². The molecular weight excluding hydrogens is 608 g/mol. The molecule has 1 aromatic heterocycles. The minimum absolute atomic E-state index is 0.134. The van der Waals surface area contributed by atoms with Gasteiger partial charge in [-0.15, -0.1) is 0 Å². The fraction of sp³-hybridized carbons (Fsp3) is 0.485. The zero-order valence-electron chi connectivity index (χ0n) is 26.2. The van der Waals surface area contributed by atoms with Gasteiger partial charge in [-0.3, -0.25) is 19.8 Å². The van der Waals surface area contributed by atoms with Gasteiger partial charge in [-0.25, -0.2) is 4.99 Å². The average Bonchev–Trinajstić information content (AvgIpc) is 3.01. The van der Waals surface area contributed by atoms with E-state index in [1.165, 1.54) is 24.4 Å². The fourth-order valence-electron chi connectivity index (χ4n) is 6.11. The van der Waals surface area contributed by atoms with Crippen molar-refractivity contribution in [1.82, 2.24) is 19.7 Å². The number of benzene rings is 1. The Labute approximate surface area is 265 Å². The van der Waals surface area contributed by atoms with E-state index in [1.807, 2.05) is 6.92 Å². The van der Waals surface area contributed by atoms with Crippen LogP contribution in [0.1, 0.15) is 44.0 Å². The fourth-order valence-corrected chi connectivity index (χ4v) is 6.11. The van der Waals surface area contributed by atoms with Gasteiger partial charge in [-0.05, 0) is 62.0 Å². The van der Waals surface area contributed by atoms with Crippen LogP contribution in [-0.4, -0.2) is 95.8 Å². The molecule has 1 unspecified atom stereocenters. The van der Waals surface area contributed by atoms with Crippen LogP contribution in [0.2, 0.25) is 0 Å². The number of anilines is 1. The summed E-state index contributed by atoms with van der Waals surface area (Å²) in [6.07, 6.45) is -4.31. The summed E-state index contributed by atoms with van der Waals surface area (Å²) in [7, 11) is 0. The van der Waals surface area contributed by atoms with Crippen LogP contribution in [0, 0.1) is 0 Å². The summed E-state index contributed by atoms with van der Waals surface area (Å²) in [6, 6.07) is 6.93. The van der Waals surface area contributed by atoms with E-state index >= 15 is 0 Å². The third-order valence-electron chi connectivity index (χ3n) is 8.79. The number of pyridine rings is 1. The number of piperazine rings is 1. The molecule has 7 nitrogen and oxygen atoms in total. The number of halogens is 6. The molecule has 1 N–H and O–H groups in total. The highest BCUT2D eigenvalue weighted by Gasteiger charge is 2.41. The van der Waals surface area contributed by atoms with E-state index in [-0.39, 0.29) is 12.1 Å². The molecule has 1 aromatic carbocycles. The van der Waals surface area contributed by atoms with Gasteiger partial charge in [0.2, 0.25) is 0 Å². The molecule has 3 aliphatic rings. The number of aromatic nitrogens is 1. The van der Waals surface area contributed by atoms with E-state index in [0.717, 1.165) is 70.6 Å². The minimum Gasteiger partial charge on any atom is -0.340 e. The van der Waals surface area contributed by atoms with Gasteiger partial charge in [0, 0.05) is 63.1 Å². The maximum atomic E-state index is 13.9. The number of nitrogens with zero attached hydrogens (tertiary/aromatic N) is 6. The van der Waals surface area contributed by atoms with E-state index in [1.54, 1.807) is 12.2 Å². The van der Waals surface area contributed by atoms with Crippen LogP contribution in [0.4, 0.5) is 32.0 Å². The molecule has 0 bridgehead atoms. The topological polar surface area (TPSA) is 59.4 Å². The van der Waals surface area contributed by atoms with Crippen LogP contribution in [0.25, 0.3) is 5.57 Å². The monoisotopic (exact) mass is 647 g/mol. The molecule has 0 radical (unpaired) electrons. The normalized spacial score (nSPS) is 21.3. The summed E-state index contributed by atoms with van der Waals surface area (Å²) < 4.78 is 81.2. The Balaban J connectivity index is 1.40. The highest BCUT2D eigenvalue weighted by atomic mass is 19.4. The van der Waals surface area contributed by atoms with Gasteiger partial charge in [0.05, 0.1) is 28.9 Å². The van der Waals surface area contributed by atoms with Crippen molar-refractivity contribution in [2.24, 2.45) is 9.98 Å². The number of hydrogen-bond acceptors (Lipinski definition) is 7. The SMILES string of the molecule is CCN(CC)CCN1CCN(CC2=NC3(C)CC(c4ncccc4C(F)(F)F)=CC=C3C(Nc3ccc(C(F)(F)F)cc3)=N2)CC1. The lowest BCUT2D eigenvalue weighted by atomic mass is 9.78. The van der Waals surface area contributed by atoms with Gasteiger partial charge < -0.3 is 10.2 Å². The first-order valence-corrected chi connectivity index (χ1v) is 15.5. The van der Waals surface area contributed by atoms with Gasteiger partial charge in [0.1, 0.15) is 11.7 Å². The average molecular weight is 648 g/mol. The Morgan fingerprint density at radius 3 is 2.20 bits per heavy atom. The highest BCUT2D eigenvalue weighted by Crippen LogP contribution is 2.43. The lowest BCUT2D eigenvalue weighted by Gasteiger charge is -2.38. The number of aliphatic imine (C=N–C) groups is 2. The molecule has 1 fully saturated rings. The summed E-state index contributed by atoms with van der Waals surface area (Å²) in [5.74, 6) is 0.904. The van der Waals surface area contributed by atoms with E-state index in [4.69, 9.17) is 9.98 Å². The number of rotatable bonds is 9. The molecule has 248 valence electrons. The molecule has 2 aromatic rings. The first kappa shape index (κ1) is 33.8. The minimum atomic E-state index is -4.58. The van der Waals surface area contributed by atoms with Crippen molar-refractivity contribution in [3.8, 4) is 0 Å². The van der Waals surface area contributed by atoms with E-state index in [9.17, 15) is 26.3 Å². The van der Waals surface area contributed by atoms with Gasteiger partial charge in [-0.1, -0.05) is 26.0 Å². The molecule has 0 saturated carbocycles. The Kier molecular flexibility index (Phi) is 10.0. The van der Waals surface area contributed by atoms with Gasteiger partial charge in [0.15, 0.2) is 0 Å². The molecule has 2 aliphatic heterocycles. The second-order valence-corrected chi connectivity index (χ2v) is 12.0. The van der Waals surface area contributed by atoms with Crippen LogP contribution in [-0.2, 0) is 12.4 Å². The van der Waals surface area contributed by atoms with Gasteiger partial charge in [-0.2, -0.15) is 26.3 Å². The first-order chi connectivity index (χ1) is 21.8. The first-order valence-electron chi connectivity index (χ1n) is 15.5. The smallest absolute Gasteiger partial charge is 0.340 e. The molecule has 1 saturated heterocycles. The maximum absolute atomic E-state index is 13.9. The predicted octanol–water partition coefficient (Wildman–Crippen LogP) is 6.47. The molecule has 46 heavy (non-hydrogen) atoms. The summed E-state index contributed by atoms with van der Waals surface area (Å²) in [5.41, 5.74) is -1.31. The van der Waals surface area contributed by atoms with Gasteiger partial charge in [0.25, 0.3) is 0 Å². The van der Waals surface area contributed by atoms with Crippen LogP contribution in [0.3, 0.4) is 0 Å². The van der Waals surface area contributed by atoms with Crippen molar-refractivity contribution >= 4 is 22.9 Å². The number of amidine groups is 2. The van der Waals surface area contributed by atoms with Crippen molar-refractivity contribution in [1.29, 1.82) is 0 Å². The number of likely N-dealkylation sites (N-methyl/N-ethyl adjacent to an activating group) is 1. The van der Waals surface area contributed by atoms with Crippen LogP contribution < -0.4 is 5.32 Å². The number of nitrogens with one attached hydrogen (secondary N) is 1. The Bertz CT molecular complexity index is 1500. The molecule has 1 aliphatic carbocycles. The van der Waals surface area contributed by atoms with Crippen molar-refractivity contribution in [3.05, 3.63) is 77.1 Å². The summed E-state index contributed by atoms with van der Waals surface area (Å²) in [6.45, 7) is 14.0. The largest absolute Gasteiger partial charge is 0.418 e. The van der Waals surface area contributed by atoms with Crippen molar-refractivity contribution in [2.75, 3.05) is 64.2 Å². The van der Waals surface area contributed by atoms with Crippen molar-refractivity contribution in [2.45, 2.75) is 45.1 Å². The lowest BCUT2D eigenvalue weighted by molar-refractivity contribution is -0.138. The number of allylic oxidation sites excluding steroid dienone is 2. The summed E-state index contributed by atoms with van der Waals surface area (Å²) in [5, 5.41) is 3.16. The Morgan fingerprint density at radius 1 is 0.891 bits per heavy atom. The predicted molar refractivity (Wildman–Crippen MR) is 169 cm³/mol. The van der Waals surface area contributed by atoms with Gasteiger partial charge >= 0.3 is 12.4 Å². The third kappa shape index (κ3) is 7.87. The molecule has 13 heteroatoms. The van der Waals surface area contributed by atoms with E-state index < -0.39 is 29.0 Å². The lowest BCUT2D eigenvalue weighted by Crippen LogP contribution is -2.50. The molecule has 5 rings (SSSR count). The second-order valence-electron chi connectivity index (χ2n) is 12.0. The van der Waals surface area contributed by atoms with Crippen LogP contribution >= 0.6 is 0 Å². The van der Waals surface area contributed by atoms with Crippen LogP contribution in [0.15, 0.2) is 70.3 Å². The second kappa shape index (κ2) is 13.7. The summed E-state index contributed by atoms with van der Waals surface area (Å²) in [4.78, 5) is 21.0. The number of fused-ring (bicyclic) bond motifs is 1. The maximum Gasteiger partial charge on any atom is 0.418 e. The van der Waals surface area contributed by atoms with Crippen LogP contribution in [0.5, 0.6) is 0 Å². The molecule has 1 atom stereocenters. The van der Waals surface area contributed by atoms with E-state index in [0.29, 0.717) is 35.0 Å². The number of hydrogen-bond donors (Lipinski definition) is 1.